The minimum atomic E-state index is -3.51. The number of anilines is 2. The molecule has 1 unspecified atom stereocenters. The number of rotatable bonds is 3. The van der Waals surface area contributed by atoms with E-state index in [2.05, 4.69) is 20.3 Å². The van der Waals surface area contributed by atoms with E-state index in [0.717, 1.165) is 5.69 Å². The summed E-state index contributed by atoms with van der Waals surface area (Å²) in [6, 6.07) is 9.55. The fourth-order valence-electron chi connectivity index (χ4n) is 2.92. The summed E-state index contributed by atoms with van der Waals surface area (Å²) in [6.07, 6.45) is 0.412. The van der Waals surface area contributed by atoms with Gasteiger partial charge in [0.25, 0.3) is 0 Å². The molecule has 3 heterocycles. The Hall–Kier alpha value is -2.14. The van der Waals surface area contributed by atoms with Crippen LogP contribution in [0.1, 0.15) is 13.2 Å². The highest BCUT2D eigenvalue weighted by molar-refractivity contribution is 7.85. The van der Waals surface area contributed by atoms with E-state index in [1.54, 1.807) is 11.5 Å². The fourth-order valence-corrected chi connectivity index (χ4v) is 3.79. The van der Waals surface area contributed by atoms with E-state index in [4.69, 9.17) is 21.4 Å². The molecule has 10 nitrogen and oxygen atoms in total. The van der Waals surface area contributed by atoms with Gasteiger partial charge in [0, 0.05) is 5.69 Å². The molecule has 1 aliphatic heterocycles. The average molecular weight is 416 g/mol. The number of hydrogen-bond acceptors (Lipinski definition) is 9. The first-order valence-electron chi connectivity index (χ1n) is 8.95. The SMILES string of the molecule is [B][P+]1(O)OC[C@H](C)O[C@@H](n2cnc3c(Nc4ccccc4)ncnc32)[C@@H](O)CO1. The van der Waals surface area contributed by atoms with Crippen LogP contribution >= 0.6 is 7.82 Å². The maximum atomic E-state index is 10.6. The Bertz CT molecular complexity index is 975. The maximum Gasteiger partial charge on any atom is 0.488 e. The molecule has 4 atom stereocenters. The third-order valence-electron chi connectivity index (χ3n) is 4.29. The second-order valence-electron chi connectivity index (χ2n) is 6.60. The van der Waals surface area contributed by atoms with Gasteiger partial charge in [0.2, 0.25) is 0 Å². The van der Waals surface area contributed by atoms with E-state index in [0.29, 0.717) is 17.0 Å². The van der Waals surface area contributed by atoms with Crippen LogP contribution in [0.2, 0.25) is 0 Å². The standard InChI is InChI=1S/C17H20BN5O5P/c1-11-7-26-29(18,25)27-8-13(24)17(28-11)23-10-21-14-15(19-9-20-16(14)23)22-12-5-3-2-4-6-12/h2-6,9-11,13,17,24-25H,7-8H2,1H3,(H,19,20,22)/q+1/t11-,13-,17+,29?/m0/s1. The molecule has 0 saturated carbocycles. The topological polar surface area (TPSA) is 124 Å². The summed E-state index contributed by atoms with van der Waals surface area (Å²) in [5.74, 6) is 0.521. The van der Waals surface area contributed by atoms with Gasteiger partial charge in [-0.1, -0.05) is 18.2 Å². The Morgan fingerprint density at radius 2 is 1.93 bits per heavy atom. The predicted molar refractivity (Wildman–Crippen MR) is 107 cm³/mol. The Balaban J connectivity index is 1.67. The molecule has 1 saturated heterocycles. The summed E-state index contributed by atoms with van der Waals surface area (Å²) in [5, 5.41) is 13.8. The molecule has 2 radical (unpaired) electrons. The van der Waals surface area contributed by atoms with Gasteiger partial charge >= 0.3 is 15.4 Å². The van der Waals surface area contributed by atoms with Gasteiger partial charge in [-0.3, -0.25) is 4.57 Å². The first kappa shape index (κ1) is 20.2. The highest BCUT2D eigenvalue weighted by atomic mass is 31.2. The molecule has 12 heteroatoms. The lowest BCUT2D eigenvalue weighted by Gasteiger charge is -2.25. The Morgan fingerprint density at radius 3 is 2.72 bits per heavy atom. The van der Waals surface area contributed by atoms with Crippen molar-refractivity contribution in [3.8, 4) is 0 Å². The molecule has 150 valence electrons. The second kappa shape index (κ2) is 8.31. The van der Waals surface area contributed by atoms with Crippen molar-refractivity contribution >= 4 is 38.1 Å². The summed E-state index contributed by atoms with van der Waals surface area (Å²) in [5.41, 5.74) is 1.83. The van der Waals surface area contributed by atoms with Crippen LogP contribution in [0.15, 0.2) is 43.0 Å². The number of nitrogens with zero attached hydrogens (tertiary/aromatic N) is 4. The summed E-state index contributed by atoms with van der Waals surface area (Å²) < 4.78 is 17.9. The number of ether oxygens (including phenoxy) is 1. The molecule has 0 spiro atoms. The molecule has 0 bridgehead atoms. The van der Waals surface area contributed by atoms with Crippen LogP contribution in [0.25, 0.3) is 11.2 Å². The number of imidazole rings is 1. The van der Waals surface area contributed by atoms with Crippen LogP contribution in [0.5, 0.6) is 0 Å². The van der Waals surface area contributed by atoms with Crippen molar-refractivity contribution in [2.24, 2.45) is 0 Å². The quantitative estimate of drug-likeness (QED) is 0.433. The third kappa shape index (κ3) is 4.56. The van der Waals surface area contributed by atoms with E-state index in [9.17, 15) is 10.00 Å². The highest BCUT2D eigenvalue weighted by Crippen LogP contribution is 2.52. The zero-order valence-electron chi connectivity index (χ0n) is 15.6. The molecule has 1 aromatic carbocycles. The van der Waals surface area contributed by atoms with E-state index in [1.807, 2.05) is 30.3 Å². The summed E-state index contributed by atoms with van der Waals surface area (Å²) in [7, 11) is 2.09. The maximum absolute atomic E-state index is 10.6. The van der Waals surface area contributed by atoms with Crippen LogP contribution in [0.4, 0.5) is 11.5 Å². The van der Waals surface area contributed by atoms with Crippen molar-refractivity contribution in [2.45, 2.75) is 25.4 Å². The molecular weight excluding hydrogens is 396 g/mol. The van der Waals surface area contributed by atoms with Crippen LogP contribution in [0, 0.1) is 0 Å². The van der Waals surface area contributed by atoms with E-state index < -0.39 is 26.3 Å². The Morgan fingerprint density at radius 1 is 1.17 bits per heavy atom. The second-order valence-corrected chi connectivity index (χ2v) is 8.24. The Labute approximate surface area is 168 Å². The fraction of sp³-hybridized carbons (Fsp3) is 0.353. The molecule has 29 heavy (non-hydrogen) atoms. The van der Waals surface area contributed by atoms with Crippen molar-refractivity contribution in [3.05, 3.63) is 43.0 Å². The first-order chi connectivity index (χ1) is 13.9. The van der Waals surface area contributed by atoms with Gasteiger partial charge in [0.1, 0.15) is 25.6 Å². The molecule has 0 amide bonds. The highest BCUT2D eigenvalue weighted by Gasteiger charge is 2.40. The lowest BCUT2D eigenvalue weighted by molar-refractivity contribution is -0.120. The van der Waals surface area contributed by atoms with Gasteiger partial charge in [-0.15, -0.1) is 0 Å². The van der Waals surface area contributed by atoms with E-state index in [1.165, 1.54) is 12.7 Å². The van der Waals surface area contributed by atoms with Gasteiger partial charge in [-0.2, -0.15) is 9.05 Å². The largest absolute Gasteiger partial charge is 0.488 e. The molecule has 3 aromatic rings. The van der Waals surface area contributed by atoms with Crippen molar-refractivity contribution in [1.29, 1.82) is 0 Å². The number of para-hydroxylation sites is 1. The minimum Gasteiger partial charge on any atom is -0.386 e. The van der Waals surface area contributed by atoms with Gasteiger partial charge in [-0.25, -0.2) is 19.8 Å². The zero-order valence-corrected chi connectivity index (χ0v) is 16.5. The molecule has 0 aliphatic carbocycles. The van der Waals surface area contributed by atoms with Gasteiger partial charge < -0.3 is 15.2 Å². The van der Waals surface area contributed by atoms with Crippen molar-refractivity contribution in [2.75, 3.05) is 18.5 Å². The van der Waals surface area contributed by atoms with Crippen LogP contribution in [-0.2, 0) is 13.8 Å². The number of benzene rings is 1. The predicted octanol–water partition coefficient (Wildman–Crippen LogP) is 1.72. The Kier molecular flexibility index (Phi) is 5.77. The minimum absolute atomic E-state index is 0.00637. The number of aliphatic hydroxyl groups is 1. The molecular formula is C17H20BN5O5P+. The lowest BCUT2D eigenvalue weighted by atomic mass is 10.3. The van der Waals surface area contributed by atoms with Crippen molar-refractivity contribution in [3.63, 3.8) is 0 Å². The van der Waals surface area contributed by atoms with Crippen LogP contribution in [-0.4, -0.2) is 62.5 Å². The number of aliphatic hydroxyl groups excluding tert-OH is 1. The number of fused-ring (bicyclic) bond motifs is 1. The average Bonchev–Trinajstić information content (AvgIpc) is 3.15. The number of nitrogens with one attached hydrogen (secondary N) is 1. The monoisotopic (exact) mass is 416 g/mol. The normalized spacial score (nSPS) is 28.4. The van der Waals surface area contributed by atoms with Crippen molar-refractivity contribution < 1.29 is 23.8 Å². The number of hydrogen-bond donors (Lipinski definition) is 3. The summed E-state index contributed by atoms with van der Waals surface area (Å²) >= 11 is 0. The third-order valence-corrected chi connectivity index (χ3v) is 5.33. The van der Waals surface area contributed by atoms with Crippen LogP contribution < -0.4 is 5.32 Å². The molecule has 1 fully saturated rings. The summed E-state index contributed by atoms with van der Waals surface area (Å²) in [6.45, 7) is 1.46. The van der Waals surface area contributed by atoms with Gasteiger partial charge in [0.05, 0.1) is 12.4 Å². The zero-order chi connectivity index (χ0) is 20.4. The van der Waals surface area contributed by atoms with Gasteiger partial charge in [0.15, 0.2) is 23.2 Å². The lowest BCUT2D eigenvalue weighted by Crippen LogP contribution is -2.32. The van der Waals surface area contributed by atoms with Crippen molar-refractivity contribution in [1.82, 2.24) is 19.5 Å². The summed E-state index contributed by atoms with van der Waals surface area (Å²) in [4.78, 5) is 22.9. The molecule has 2 aromatic heterocycles. The van der Waals surface area contributed by atoms with E-state index in [-0.39, 0.29) is 13.2 Å². The smallest absolute Gasteiger partial charge is 0.386 e. The number of aromatic nitrogens is 4. The first-order valence-corrected chi connectivity index (χ1v) is 10.6. The molecule has 4 rings (SSSR count). The van der Waals surface area contributed by atoms with Gasteiger partial charge in [-0.05, 0) is 19.1 Å². The molecule has 3 N–H and O–H groups in total. The van der Waals surface area contributed by atoms with Crippen LogP contribution in [0.3, 0.4) is 0 Å². The van der Waals surface area contributed by atoms with E-state index >= 15 is 0 Å². The molecule has 1 aliphatic rings.